The third kappa shape index (κ3) is 1.77. The lowest BCUT2D eigenvalue weighted by Gasteiger charge is -2.07. The lowest BCUT2D eigenvalue weighted by Crippen LogP contribution is -2.21. The lowest BCUT2D eigenvalue weighted by atomic mass is 10.2. The van der Waals surface area contributed by atoms with Crippen LogP contribution in [0.4, 0.5) is 0 Å². The fraction of sp³-hybridized carbons (Fsp3) is 0. The van der Waals surface area contributed by atoms with Gasteiger partial charge in [-0.2, -0.15) is 0 Å². The van der Waals surface area contributed by atoms with E-state index in [-0.39, 0.29) is 11.1 Å². The van der Waals surface area contributed by atoms with Gasteiger partial charge in [-0.3, -0.25) is 14.2 Å². The van der Waals surface area contributed by atoms with E-state index in [4.69, 9.17) is 11.6 Å². The van der Waals surface area contributed by atoms with Gasteiger partial charge in [-0.15, -0.1) is 0 Å². The second kappa shape index (κ2) is 4.33. The number of hydrogen-bond donors (Lipinski definition) is 0. The molecule has 0 spiro atoms. The number of carbonyl (C=O) groups excluding carboxylic acids is 1. The molecule has 16 heavy (non-hydrogen) atoms. The van der Waals surface area contributed by atoms with Crippen molar-refractivity contribution in [2.45, 2.75) is 0 Å². The molecule has 2 rings (SSSR count). The van der Waals surface area contributed by atoms with E-state index >= 15 is 0 Å². The van der Waals surface area contributed by atoms with Gasteiger partial charge >= 0.3 is 0 Å². The summed E-state index contributed by atoms with van der Waals surface area (Å²) in [6.07, 6.45) is 2.12. The molecule has 0 bridgehead atoms. The molecule has 80 valence electrons. The van der Waals surface area contributed by atoms with Gasteiger partial charge in [0.2, 0.25) is 0 Å². The number of para-hydroxylation sites is 1. The van der Waals surface area contributed by atoms with E-state index in [1.807, 2.05) is 0 Å². The largest absolute Gasteiger partial charge is 0.298 e. The van der Waals surface area contributed by atoms with Gasteiger partial charge in [-0.25, -0.2) is 0 Å². The SMILES string of the molecule is O=Cc1cccn(-c2ccccc2Cl)c1=O. The lowest BCUT2D eigenvalue weighted by molar-refractivity contribution is 0.112. The van der Waals surface area contributed by atoms with Gasteiger partial charge in [0.1, 0.15) is 0 Å². The van der Waals surface area contributed by atoms with Crippen molar-refractivity contribution in [2.24, 2.45) is 0 Å². The minimum Gasteiger partial charge on any atom is -0.298 e. The Kier molecular flexibility index (Phi) is 2.88. The molecule has 0 N–H and O–H groups in total. The fourth-order valence-corrected chi connectivity index (χ4v) is 1.66. The summed E-state index contributed by atoms with van der Waals surface area (Å²) in [6, 6.07) is 10.1. The molecule has 1 aromatic heterocycles. The van der Waals surface area contributed by atoms with Crippen molar-refractivity contribution in [3.63, 3.8) is 0 Å². The van der Waals surface area contributed by atoms with Crippen LogP contribution < -0.4 is 5.56 Å². The third-order valence-electron chi connectivity index (χ3n) is 2.22. The summed E-state index contributed by atoms with van der Waals surface area (Å²) in [5, 5.41) is 0.465. The predicted molar refractivity (Wildman–Crippen MR) is 62.4 cm³/mol. The van der Waals surface area contributed by atoms with Crippen molar-refractivity contribution >= 4 is 17.9 Å². The minimum absolute atomic E-state index is 0.113. The van der Waals surface area contributed by atoms with Crippen molar-refractivity contribution in [3.8, 4) is 5.69 Å². The first-order valence-electron chi connectivity index (χ1n) is 4.66. The zero-order chi connectivity index (χ0) is 11.5. The van der Waals surface area contributed by atoms with E-state index in [0.29, 0.717) is 17.0 Å². The highest BCUT2D eigenvalue weighted by atomic mass is 35.5. The average Bonchev–Trinajstić information content (AvgIpc) is 2.31. The van der Waals surface area contributed by atoms with Crippen LogP contribution in [0.2, 0.25) is 5.02 Å². The number of carbonyl (C=O) groups is 1. The molecule has 2 aromatic rings. The summed E-state index contributed by atoms with van der Waals surface area (Å²) in [5.41, 5.74) is 0.311. The molecule has 0 aliphatic rings. The monoisotopic (exact) mass is 233 g/mol. The molecule has 0 aliphatic carbocycles. The molecule has 1 heterocycles. The summed E-state index contributed by atoms with van der Waals surface area (Å²) in [4.78, 5) is 22.5. The number of hydrogen-bond acceptors (Lipinski definition) is 2. The van der Waals surface area contributed by atoms with Gasteiger partial charge in [-0.1, -0.05) is 23.7 Å². The highest BCUT2D eigenvalue weighted by Gasteiger charge is 2.06. The van der Waals surface area contributed by atoms with Gasteiger partial charge in [0.25, 0.3) is 5.56 Å². The van der Waals surface area contributed by atoms with Gasteiger partial charge < -0.3 is 0 Å². The van der Waals surface area contributed by atoms with Crippen LogP contribution in [0.1, 0.15) is 10.4 Å². The van der Waals surface area contributed by atoms with Crippen LogP contribution in [0.15, 0.2) is 47.4 Å². The number of nitrogens with zero attached hydrogens (tertiary/aromatic N) is 1. The molecule has 0 amide bonds. The fourth-order valence-electron chi connectivity index (χ4n) is 1.44. The highest BCUT2D eigenvalue weighted by molar-refractivity contribution is 6.32. The number of pyridine rings is 1. The van der Waals surface area contributed by atoms with E-state index in [1.54, 1.807) is 36.5 Å². The Bertz CT molecular complexity index is 590. The van der Waals surface area contributed by atoms with Crippen LogP contribution in [-0.4, -0.2) is 10.9 Å². The van der Waals surface area contributed by atoms with Crippen LogP contribution in [0.5, 0.6) is 0 Å². The Balaban J connectivity index is 2.71. The number of rotatable bonds is 2. The van der Waals surface area contributed by atoms with Crippen LogP contribution in [-0.2, 0) is 0 Å². The zero-order valence-electron chi connectivity index (χ0n) is 8.26. The van der Waals surface area contributed by atoms with Crippen molar-refractivity contribution in [1.29, 1.82) is 0 Å². The standard InChI is InChI=1S/C12H8ClNO2/c13-10-5-1-2-6-11(10)14-7-3-4-9(8-15)12(14)16/h1-8H. The molecule has 0 saturated carbocycles. The van der Waals surface area contributed by atoms with E-state index in [1.165, 1.54) is 10.6 Å². The van der Waals surface area contributed by atoms with Crippen LogP contribution in [0, 0.1) is 0 Å². The highest BCUT2D eigenvalue weighted by Crippen LogP contribution is 2.17. The second-order valence-corrected chi connectivity index (χ2v) is 3.62. The normalized spacial score (nSPS) is 10.1. The molecule has 1 aromatic carbocycles. The molecule has 0 unspecified atom stereocenters. The quantitative estimate of drug-likeness (QED) is 0.747. The predicted octanol–water partition coefficient (Wildman–Crippen LogP) is 2.30. The molecular weight excluding hydrogens is 226 g/mol. The van der Waals surface area contributed by atoms with Gasteiger partial charge in [0.15, 0.2) is 6.29 Å². The van der Waals surface area contributed by atoms with Crippen LogP contribution in [0.3, 0.4) is 0 Å². The maximum Gasteiger partial charge on any atom is 0.265 e. The average molecular weight is 234 g/mol. The first-order chi connectivity index (χ1) is 7.74. The summed E-state index contributed by atoms with van der Waals surface area (Å²) in [7, 11) is 0. The van der Waals surface area contributed by atoms with E-state index in [0.717, 1.165) is 0 Å². The zero-order valence-corrected chi connectivity index (χ0v) is 9.02. The number of halogens is 1. The molecule has 0 fully saturated rings. The van der Waals surface area contributed by atoms with Gasteiger partial charge in [0.05, 0.1) is 16.3 Å². The van der Waals surface area contributed by atoms with Crippen molar-refractivity contribution < 1.29 is 4.79 Å². The Morgan fingerprint density at radius 3 is 2.56 bits per heavy atom. The smallest absolute Gasteiger partial charge is 0.265 e. The number of aromatic nitrogens is 1. The van der Waals surface area contributed by atoms with Crippen LogP contribution >= 0.6 is 11.6 Å². The molecule has 0 saturated heterocycles. The summed E-state index contributed by atoms with van der Waals surface area (Å²) in [6.45, 7) is 0. The summed E-state index contributed by atoms with van der Waals surface area (Å²) >= 11 is 5.98. The van der Waals surface area contributed by atoms with Crippen molar-refractivity contribution in [1.82, 2.24) is 4.57 Å². The summed E-state index contributed by atoms with van der Waals surface area (Å²) in [5.74, 6) is 0. The summed E-state index contributed by atoms with van der Waals surface area (Å²) < 4.78 is 1.35. The Morgan fingerprint density at radius 1 is 1.12 bits per heavy atom. The maximum absolute atomic E-state index is 11.8. The maximum atomic E-state index is 11.8. The Labute approximate surface area is 96.9 Å². The molecule has 4 heteroatoms. The Morgan fingerprint density at radius 2 is 1.88 bits per heavy atom. The van der Waals surface area contributed by atoms with Crippen molar-refractivity contribution in [3.05, 3.63) is 63.5 Å². The minimum atomic E-state index is -0.370. The number of aldehydes is 1. The number of benzene rings is 1. The van der Waals surface area contributed by atoms with E-state index in [9.17, 15) is 9.59 Å². The third-order valence-corrected chi connectivity index (χ3v) is 2.54. The topological polar surface area (TPSA) is 39.1 Å². The van der Waals surface area contributed by atoms with Crippen LogP contribution in [0.25, 0.3) is 5.69 Å². The molecule has 0 radical (unpaired) electrons. The van der Waals surface area contributed by atoms with E-state index in [2.05, 4.69) is 0 Å². The van der Waals surface area contributed by atoms with Crippen molar-refractivity contribution in [2.75, 3.05) is 0 Å². The van der Waals surface area contributed by atoms with E-state index < -0.39 is 0 Å². The van der Waals surface area contributed by atoms with Gasteiger partial charge in [0, 0.05) is 6.20 Å². The molecule has 3 nitrogen and oxygen atoms in total. The second-order valence-electron chi connectivity index (χ2n) is 3.21. The first-order valence-corrected chi connectivity index (χ1v) is 5.03. The Hall–Kier alpha value is -1.87. The molecular formula is C12H8ClNO2. The van der Waals surface area contributed by atoms with Gasteiger partial charge in [-0.05, 0) is 24.3 Å². The molecule has 0 atom stereocenters. The molecule has 0 aliphatic heterocycles. The first kappa shape index (κ1) is 10.6.